The lowest BCUT2D eigenvalue weighted by Crippen LogP contribution is -2.45. The lowest BCUT2D eigenvalue weighted by atomic mass is 10.0. The van der Waals surface area contributed by atoms with Gasteiger partial charge in [-0.3, -0.25) is 10.00 Å². The van der Waals surface area contributed by atoms with Gasteiger partial charge >= 0.3 is 6.03 Å². The Morgan fingerprint density at radius 2 is 1.96 bits per heavy atom. The van der Waals surface area contributed by atoms with Gasteiger partial charge in [0, 0.05) is 37.1 Å². The third-order valence-electron chi connectivity index (χ3n) is 5.02. The molecule has 2 aromatic heterocycles. The minimum atomic E-state index is -0.199. The molecule has 146 valence electrons. The van der Waals surface area contributed by atoms with E-state index in [9.17, 15) is 4.79 Å². The Labute approximate surface area is 163 Å². The molecule has 0 aliphatic carbocycles. The molecule has 1 atom stereocenters. The van der Waals surface area contributed by atoms with E-state index in [2.05, 4.69) is 10.4 Å². The van der Waals surface area contributed by atoms with Gasteiger partial charge in [-0.25, -0.2) is 9.48 Å². The van der Waals surface area contributed by atoms with Crippen LogP contribution >= 0.6 is 0 Å². The van der Waals surface area contributed by atoms with Crippen molar-refractivity contribution in [2.45, 2.75) is 19.9 Å². The Morgan fingerprint density at radius 1 is 1.18 bits per heavy atom. The molecule has 1 saturated heterocycles. The van der Waals surface area contributed by atoms with Crippen molar-refractivity contribution in [3.8, 4) is 5.69 Å². The number of anilines is 1. The van der Waals surface area contributed by atoms with Gasteiger partial charge in [-0.1, -0.05) is 18.2 Å². The van der Waals surface area contributed by atoms with Gasteiger partial charge in [-0.2, -0.15) is 10.2 Å². The van der Waals surface area contributed by atoms with E-state index in [0.29, 0.717) is 25.6 Å². The van der Waals surface area contributed by atoms with Gasteiger partial charge < -0.3 is 9.64 Å². The summed E-state index contributed by atoms with van der Waals surface area (Å²) >= 11 is 0. The number of nitrogens with one attached hydrogen (secondary N) is 1. The van der Waals surface area contributed by atoms with Crippen LogP contribution in [-0.4, -0.2) is 50.3 Å². The number of ether oxygens (including phenoxy) is 1. The van der Waals surface area contributed by atoms with Crippen LogP contribution in [0.1, 0.15) is 23.0 Å². The molecule has 28 heavy (non-hydrogen) atoms. The summed E-state index contributed by atoms with van der Waals surface area (Å²) in [5, 5.41) is 11.8. The SMILES string of the molecule is Cc1nn(-c2ccccc2)c(C)c1C1COCCN1C(=O)Nc1ccn(C)n1. The molecule has 0 bridgehead atoms. The summed E-state index contributed by atoms with van der Waals surface area (Å²) in [4.78, 5) is 14.8. The van der Waals surface area contributed by atoms with Crippen LogP contribution in [0.5, 0.6) is 0 Å². The number of aryl methyl sites for hydroxylation is 2. The number of nitrogens with zero attached hydrogens (tertiary/aromatic N) is 5. The second-order valence-corrected chi connectivity index (χ2v) is 6.92. The zero-order valence-corrected chi connectivity index (χ0v) is 16.3. The topological polar surface area (TPSA) is 77.2 Å². The maximum absolute atomic E-state index is 12.9. The second kappa shape index (κ2) is 7.47. The zero-order chi connectivity index (χ0) is 19.7. The number of rotatable bonds is 3. The smallest absolute Gasteiger partial charge is 0.323 e. The highest BCUT2D eigenvalue weighted by molar-refractivity contribution is 5.88. The number of hydrogen-bond acceptors (Lipinski definition) is 4. The number of hydrogen-bond donors (Lipinski definition) is 1. The third kappa shape index (κ3) is 3.38. The minimum Gasteiger partial charge on any atom is -0.377 e. The molecule has 1 aromatic carbocycles. The first-order valence-corrected chi connectivity index (χ1v) is 9.31. The molecule has 0 spiro atoms. The van der Waals surface area contributed by atoms with Crippen molar-refractivity contribution in [1.82, 2.24) is 24.5 Å². The first kappa shape index (κ1) is 18.2. The monoisotopic (exact) mass is 380 g/mol. The summed E-state index contributed by atoms with van der Waals surface area (Å²) in [6, 6.07) is 11.4. The Bertz CT molecular complexity index is 978. The van der Waals surface area contributed by atoms with Crippen molar-refractivity contribution in [1.29, 1.82) is 0 Å². The van der Waals surface area contributed by atoms with E-state index in [1.54, 1.807) is 16.9 Å². The molecular weight excluding hydrogens is 356 g/mol. The predicted octanol–water partition coefficient (Wildman–Crippen LogP) is 2.83. The van der Waals surface area contributed by atoms with E-state index >= 15 is 0 Å². The molecule has 1 unspecified atom stereocenters. The second-order valence-electron chi connectivity index (χ2n) is 6.92. The summed E-state index contributed by atoms with van der Waals surface area (Å²) in [5.41, 5.74) is 3.93. The predicted molar refractivity (Wildman–Crippen MR) is 106 cm³/mol. The van der Waals surface area contributed by atoms with Crippen molar-refractivity contribution >= 4 is 11.8 Å². The zero-order valence-electron chi connectivity index (χ0n) is 16.3. The molecular formula is C20H24N6O2. The molecule has 8 nitrogen and oxygen atoms in total. The minimum absolute atomic E-state index is 0.182. The summed E-state index contributed by atoms with van der Waals surface area (Å²) in [7, 11) is 1.82. The van der Waals surface area contributed by atoms with Crippen molar-refractivity contribution in [3.63, 3.8) is 0 Å². The standard InChI is InChI=1S/C20H24N6O2/c1-14-19(15(2)26(22-14)16-7-5-4-6-8-16)17-13-28-12-11-25(17)20(27)21-18-9-10-24(3)23-18/h4-10,17H,11-13H2,1-3H3,(H,21,23,27). The maximum Gasteiger partial charge on any atom is 0.323 e. The third-order valence-corrected chi connectivity index (χ3v) is 5.02. The van der Waals surface area contributed by atoms with E-state index in [-0.39, 0.29) is 12.1 Å². The average Bonchev–Trinajstić information content (AvgIpc) is 3.24. The number of aromatic nitrogens is 4. The number of morpholine rings is 1. The first-order valence-electron chi connectivity index (χ1n) is 9.31. The highest BCUT2D eigenvalue weighted by atomic mass is 16.5. The van der Waals surface area contributed by atoms with Crippen LogP contribution in [-0.2, 0) is 11.8 Å². The fourth-order valence-electron chi connectivity index (χ4n) is 3.71. The number of amides is 2. The van der Waals surface area contributed by atoms with Gasteiger partial charge in [-0.15, -0.1) is 0 Å². The van der Waals surface area contributed by atoms with Crippen molar-refractivity contribution in [2.24, 2.45) is 7.05 Å². The van der Waals surface area contributed by atoms with Gasteiger partial charge in [0.05, 0.1) is 30.6 Å². The Morgan fingerprint density at radius 3 is 2.68 bits per heavy atom. The fourth-order valence-corrected chi connectivity index (χ4v) is 3.71. The van der Waals surface area contributed by atoms with Crippen LogP contribution in [0.25, 0.3) is 5.69 Å². The summed E-state index contributed by atoms with van der Waals surface area (Å²) in [5.74, 6) is 0.533. The van der Waals surface area contributed by atoms with E-state index in [1.807, 2.05) is 60.8 Å². The molecule has 1 fully saturated rings. The van der Waals surface area contributed by atoms with Crippen molar-refractivity contribution in [2.75, 3.05) is 25.1 Å². The van der Waals surface area contributed by atoms with Gasteiger partial charge in [0.15, 0.2) is 5.82 Å². The highest BCUT2D eigenvalue weighted by Gasteiger charge is 2.33. The molecule has 0 radical (unpaired) electrons. The molecule has 8 heteroatoms. The van der Waals surface area contributed by atoms with Crippen LogP contribution < -0.4 is 5.32 Å². The van der Waals surface area contributed by atoms with E-state index in [0.717, 1.165) is 22.6 Å². The summed E-state index contributed by atoms with van der Waals surface area (Å²) in [6.45, 7) is 5.48. The maximum atomic E-state index is 12.9. The molecule has 4 rings (SSSR count). The molecule has 1 N–H and O–H groups in total. The van der Waals surface area contributed by atoms with Crippen LogP contribution in [0.4, 0.5) is 10.6 Å². The van der Waals surface area contributed by atoms with Crippen LogP contribution in [0.2, 0.25) is 0 Å². The summed E-state index contributed by atoms with van der Waals surface area (Å²) < 4.78 is 9.30. The first-order chi connectivity index (χ1) is 13.5. The Balaban J connectivity index is 1.64. The molecule has 1 aliphatic heterocycles. The quantitative estimate of drug-likeness (QED) is 0.758. The van der Waals surface area contributed by atoms with Crippen molar-refractivity contribution in [3.05, 3.63) is 59.5 Å². The van der Waals surface area contributed by atoms with E-state index < -0.39 is 0 Å². The van der Waals surface area contributed by atoms with E-state index in [1.165, 1.54) is 0 Å². The van der Waals surface area contributed by atoms with Crippen LogP contribution in [0.3, 0.4) is 0 Å². The number of para-hydroxylation sites is 1. The summed E-state index contributed by atoms with van der Waals surface area (Å²) in [6.07, 6.45) is 1.80. The molecule has 3 heterocycles. The normalized spacial score (nSPS) is 17.0. The highest BCUT2D eigenvalue weighted by Crippen LogP contribution is 2.31. The van der Waals surface area contributed by atoms with Crippen LogP contribution in [0.15, 0.2) is 42.6 Å². The lowest BCUT2D eigenvalue weighted by Gasteiger charge is -2.35. The van der Waals surface area contributed by atoms with Gasteiger partial charge in [0.1, 0.15) is 0 Å². The molecule has 3 aromatic rings. The largest absolute Gasteiger partial charge is 0.377 e. The lowest BCUT2D eigenvalue weighted by molar-refractivity contribution is 0.0143. The van der Waals surface area contributed by atoms with E-state index in [4.69, 9.17) is 9.84 Å². The van der Waals surface area contributed by atoms with Gasteiger partial charge in [0.25, 0.3) is 0 Å². The molecule has 1 aliphatic rings. The molecule has 2 amide bonds. The number of urea groups is 1. The number of carbonyl (C=O) groups is 1. The number of carbonyl (C=O) groups excluding carboxylic acids is 1. The Kier molecular flexibility index (Phi) is 4.87. The Hall–Kier alpha value is -3.13. The van der Waals surface area contributed by atoms with Gasteiger partial charge in [0.2, 0.25) is 0 Å². The molecule has 0 saturated carbocycles. The number of benzene rings is 1. The van der Waals surface area contributed by atoms with Crippen molar-refractivity contribution < 1.29 is 9.53 Å². The van der Waals surface area contributed by atoms with Crippen LogP contribution in [0, 0.1) is 13.8 Å². The average molecular weight is 380 g/mol. The fraction of sp³-hybridized carbons (Fsp3) is 0.350. The van der Waals surface area contributed by atoms with Gasteiger partial charge in [-0.05, 0) is 26.0 Å².